The molecule has 1 amide bonds. The van der Waals surface area contributed by atoms with Crippen molar-refractivity contribution in [1.29, 1.82) is 5.26 Å². The van der Waals surface area contributed by atoms with E-state index in [4.69, 9.17) is 28.5 Å². The molecule has 3 rings (SSSR count). The van der Waals surface area contributed by atoms with Gasteiger partial charge in [0, 0.05) is 5.56 Å². The molecule has 1 aliphatic heterocycles. The molecule has 0 atom stereocenters. The van der Waals surface area contributed by atoms with E-state index in [2.05, 4.69) is 10.1 Å². The minimum Gasteiger partial charge on any atom is -0.405 e. The Kier molecular flexibility index (Phi) is 4.27. The normalized spacial score (nSPS) is 13.2. The maximum atomic E-state index is 12.7. The smallest absolute Gasteiger partial charge is 0.405 e. The number of anilines is 1. The number of alkyl halides is 3. The third-order valence-corrected chi connectivity index (χ3v) is 4.22. The fourth-order valence-electron chi connectivity index (χ4n) is 2.57. The highest BCUT2D eigenvalue weighted by Crippen LogP contribution is 2.44. The van der Waals surface area contributed by atoms with Gasteiger partial charge in [-0.25, -0.2) is 0 Å². The van der Waals surface area contributed by atoms with Crippen LogP contribution in [0.4, 0.5) is 18.9 Å². The average Bonchev–Trinajstić information content (AvgIpc) is 2.87. The fourth-order valence-corrected chi connectivity index (χ4v) is 3.16. The summed E-state index contributed by atoms with van der Waals surface area (Å²) in [5, 5.41) is 11.6. The topological polar surface area (TPSA) is 62.1 Å². The molecule has 0 fully saturated rings. The summed E-state index contributed by atoms with van der Waals surface area (Å²) in [4.78, 5) is 11.5. The Morgan fingerprint density at radius 2 is 1.96 bits per heavy atom. The van der Waals surface area contributed by atoms with Crippen molar-refractivity contribution in [3.63, 3.8) is 0 Å². The molecule has 25 heavy (non-hydrogen) atoms. The maximum absolute atomic E-state index is 12.7. The Morgan fingerprint density at radius 1 is 1.24 bits per heavy atom. The van der Waals surface area contributed by atoms with Crippen LogP contribution in [0.25, 0.3) is 11.1 Å². The van der Waals surface area contributed by atoms with Crippen molar-refractivity contribution < 1.29 is 22.7 Å². The van der Waals surface area contributed by atoms with E-state index in [1.807, 2.05) is 0 Å². The summed E-state index contributed by atoms with van der Waals surface area (Å²) in [7, 11) is 0. The van der Waals surface area contributed by atoms with Crippen LogP contribution in [0.5, 0.6) is 5.75 Å². The number of rotatable bonds is 2. The molecule has 0 bridgehead atoms. The number of carbonyl (C=O) groups is 1. The van der Waals surface area contributed by atoms with E-state index in [0.29, 0.717) is 11.3 Å². The first kappa shape index (κ1) is 17.4. The second kappa shape index (κ2) is 6.14. The second-order valence-electron chi connectivity index (χ2n) is 5.18. The molecule has 0 aliphatic carbocycles. The van der Waals surface area contributed by atoms with Gasteiger partial charge in [0.1, 0.15) is 11.8 Å². The summed E-state index contributed by atoms with van der Waals surface area (Å²) >= 11 is 12.2. The minimum atomic E-state index is -4.94. The van der Waals surface area contributed by atoms with Gasteiger partial charge in [-0.15, -0.1) is 13.2 Å². The zero-order valence-electron chi connectivity index (χ0n) is 12.2. The van der Waals surface area contributed by atoms with Crippen molar-refractivity contribution in [2.24, 2.45) is 0 Å². The largest absolute Gasteiger partial charge is 0.573 e. The number of hydrogen-bond donors (Lipinski definition) is 1. The summed E-state index contributed by atoms with van der Waals surface area (Å²) in [6, 6.07) is 6.79. The van der Waals surface area contributed by atoms with Crippen molar-refractivity contribution in [3.05, 3.63) is 45.4 Å². The number of nitrogens with one attached hydrogen (secondary N) is 1. The molecule has 1 heterocycles. The Balaban J connectivity index is 2.23. The number of hydrogen-bond acceptors (Lipinski definition) is 3. The van der Waals surface area contributed by atoms with Gasteiger partial charge in [-0.2, -0.15) is 5.26 Å². The van der Waals surface area contributed by atoms with Crippen molar-refractivity contribution >= 4 is 34.8 Å². The molecule has 1 N–H and O–H groups in total. The average molecular weight is 387 g/mol. The molecule has 0 saturated heterocycles. The monoisotopic (exact) mass is 386 g/mol. The lowest BCUT2D eigenvalue weighted by Gasteiger charge is -2.16. The van der Waals surface area contributed by atoms with Crippen molar-refractivity contribution in [2.45, 2.75) is 12.8 Å². The van der Waals surface area contributed by atoms with E-state index in [1.54, 1.807) is 6.07 Å². The number of nitriles is 1. The fraction of sp³-hybridized carbons (Fsp3) is 0.125. The number of halogens is 5. The molecule has 0 spiro atoms. The van der Waals surface area contributed by atoms with Gasteiger partial charge in [0.2, 0.25) is 5.91 Å². The van der Waals surface area contributed by atoms with E-state index in [1.165, 1.54) is 12.1 Å². The lowest BCUT2D eigenvalue weighted by molar-refractivity contribution is -0.274. The van der Waals surface area contributed by atoms with Gasteiger partial charge in [-0.1, -0.05) is 23.2 Å². The summed E-state index contributed by atoms with van der Waals surface area (Å²) in [5.41, 5.74) is 0.992. The Hall–Kier alpha value is -2.43. The van der Waals surface area contributed by atoms with Gasteiger partial charge >= 0.3 is 6.36 Å². The van der Waals surface area contributed by atoms with Gasteiger partial charge in [-0.05, 0) is 35.4 Å². The number of ether oxygens (including phenoxy) is 1. The van der Waals surface area contributed by atoms with Gasteiger partial charge in [0.25, 0.3) is 0 Å². The Bertz CT molecular complexity index is 936. The molecule has 1 aliphatic rings. The molecule has 9 heteroatoms. The van der Waals surface area contributed by atoms with E-state index in [9.17, 15) is 18.0 Å². The molecule has 4 nitrogen and oxygen atoms in total. The van der Waals surface area contributed by atoms with Crippen LogP contribution in [0.3, 0.4) is 0 Å². The van der Waals surface area contributed by atoms with E-state index in [0.717, 1.165) is 12.1 Å². The molecule has 2 aromatic carbocycles. The van der Waals surface area contributed by atoms with E-state index in [-0.39, 0.29) is 39.1 Å². The Labute approximate surface area is 149 Å². The summed E-state index contributed by atoms with van der Waals surface area (Å²) in [6.07, 6.45) is -4.90. The predicted molar refractivity (Wildman–Crippen MR) is 85.6 cm³/mol. The van der Waals surface area contributed by atoms with Crippen LogP contribution in [0.1, 0.15) is 11.1 Å². The second-order valence-corrected chi connectivity index (χ2v) is 5.96. The quantitative estimate of drug-likeness (QED) is 0.795. The zero-order chi connectivity index (χ0) is 18.4. The highest BCUT2D eigenvalue weighted by atomic mass is 35.5. The molecule has 0 radical (unpaired) electrons. The third kappa shape index (κ3) is 3.36. The SMILES string of the molecule is N#Cc1ccc(OC(F)(F)F)c(-c2cc(Cl)c3c(c2)CC(=O)N3)c1Cl. The number of fused-ring (bicyclic) bond motifs is 1. The van der Waals surface area contributed by atoms with Gasteiger partial charge in [0.15, 0.2) is 0 Å². The summed E-state index contributed by atoms with van der Waals surface area (Å²) in [6.45, 7) is 0. The number of nitrogens with zero attached hydrogens (tertiary/aromatic N) is 1. The highest BCUT2D eigenvalue weighted by molar-refractivity contribution is 6.36. The van der Waals surface area contributed by atoms with Crippen molar-refractivity contribution in [3.8, 4) is 22.9 Å². The van der Waals surface area contributed by atoms with Crippen LogP contribution in [-0.2, 0) is 11.2 Å². The number of amides is 1. The van der Waals surface area contributed by atoms with Gasteiger partial charge < -0.3 is 10.1 Å². The number of carbonyl (C=O) groups excluding carboxylic acids is 1. The first-order chi connectivity index (χ1) is 11.7. The third-order valence-electron chi connectivity index (χ3n) is 3.53. The number of benzene rings is 2. The van der Waals surface area contributed by atoms with E-state index < -0.39 is 12.1 Å². The Morgan fingerprint density at radius 3 is 2.60 bits per heavy atom. The van der Waals surface area contributed by atoms with Crippen LogP contribution in [0, 0.1) is 11.3 Å². The van der Waals surface area contributed by atoms with Crippen LogP contribution in [0.15, 0.2) is 24.3 Å². The first-order valence-corrected chi connectivity index (χ1v) is 7.56. The lowest BCUT2D eigenvalue weighted by Crippen LogP contribution is -2.17. The van der Waals surface area contributed by atoms with Crippen LogP contribution >= 0.6 is 23.2 Å². The minimum absolute atomic E-state index is 0.0167. The van der Waals surface area contributed by atoms with Gasteiger partial charge in [-0.3, -0.25) is 4.79 Å². The zero-order valence-corrected chi connectivity index (χ0v) is 13.7. The standard InChI is InChI=1S/C16H7Cl2F3N2O2/c17-10-4-8(3-9-5-12(24)23-15(9)10)13-11(25-16(19,20)21)2-1-7(6-22)14(13)18/h1-4H,5H2,(H,23,24). The summed E-state index contributed by atoms with van der Waals surface area (Å²) in [5.74, 6) is -0.845. The molecule has 0 aromatic heterocycles. The van der Waals surface area contributed by atoms with Crippen LogP contribution in [-0.4, -0.2) is 12.3 Å². The van der Waals surface area contributed by atoms with Crippen LogP contribution < -0.4 is 10.1 Å². The molecule has 0 saturated carbocycles. The molecule has 2 aromatic rings. The predicted octanol–water partition coefficient (Wildman–Crippen LogP) is 4.93. The van der Waals surface area contributed by atoms with Crippen molar-refractivity contribution in [1.82, 2.24) is 0 Å². The van der Waals surface area contributed by atoms with Gasteiger partial charge in [0.05, 0.1) is 27.7 Å². The molecular weight excluding hydrogens is 380 g/mol. The summed E-state index contributed by atoms with van der Waals surface area (Å²) < 4.78 is 42.1. The van der Waals surface area contributed by atoms with E-state index >= 15 is 0 Å². The maximum Gasteiger partial charge on any atom is 0.573 e. The van der Waals surface area contributed by atoms with Crippen LogP contribution in [0.2, 0.25) is 10.0 Å². The lowest BCUT2D eigenvalue weighted by atomic mass is 9.99. The molecular formula is C16H7Cl2F3N2O2. The van der Waals surface area contributed by atoms with Crippen molar-refractivity contribution in [2.75, 3.05) is 5.32 Å². The molecule has 128 valence electrons. The highest BCUT2D eigenvalue weighted by Gasteiger charge is 2.33. The molecule has 0 unspecified atom stereocenters. The first-order valence-electron chi connectivity index (χ1n) is 6.80.